The molecule has 0 aliphatic heterocycles. The number of thiophene rings is 1. The summed E-state index contributed by atoms with van der Waals surface area (Å²) in [5, 5.41) is 13.4. The molecule has 0 fully saturated rings. The Kier molecular flexibility index (Phi) is 7.64. The average molecular weight is 566 g/mol. The van der Waals surface area contributed by atoms with Crippen molar-refractivity contribution in [2.24, 2.45) is 4.99 Å². The Hall–Kier alpha value is -2.49. The number of aromatic hydroxyl groups is 1. The fourth-order valence-electron chi connectivity index (χ4n) is 2.77. The zero-order valence-electron chi connectivity index (χ0n) is 16.6. The van der Waals surface area contributed by atoms with E-state index in [2.05, 4.69) is 42.2 Å². The number of nitrogens with one attached hydrogen (secondary N) is 1. The van der Waals surface area contributed by atoms with E-state index in [9.17, 15) is 14.7 Å². The van der Waals surface area contributed by atoms with Crippen LogP contribution in [0.2, 0.25) is 0 Å². The number of para-hydroxylation sites is 1. The van der Waals surface area contributed by atoms with E-state index in [4.69, 9.17) is 4.74 Å². The second-order valence-electron chi connectivity index (χ2n) is 6.36. The van der Waals surface area contributed by atoms with Gasteiger partial charge in [-0.1, -0.05) is 34.1 Å². The van der Waals surface area contributed by atoms with Crippen molar-refractivity contribution in [1.82, 2.24) is 0 Å². The lowest BCUT2D eigenvalue weighted by molar-refractivity contribution is 0.0527. The maximum absolute atomic E-state index is 12.8. The predicted octanol–water partition coefficient (Wildman–Crippen LogP) is 6.47. The van der Waals surface area contributed by atoms with Crippen LogP contribution in [0, 0.1) is 6.92 Å². The fourth-order valence-corrected chi connectivity index (χ4v) is 5.07. The van der Waals surface area contributed by atoms with Crippen LogP contribution in [0.5, 0.6) is 5.75 Å². The Balaban J connectivity index is 2.02. The molecule has 1 aromatic heterocycles. The number of benzene rings is 2. The topological polar surface area (TPSA) is 88.0 Å². The van der Waals surface area contributed by atoms with Crippen molar-refractivity contribution >= 4 is 72.0 Å². The lowest BCUT2D eigenvalue weighted by Crippen LogP contribution is -2.12. The molecule has 0 aliphatic rings. The molecule has 2 N–H and O–H groups in total. The molecule has 0 radical (unpaired) electrons. The zero-order valence-corrected chi connectivity index (χ0v) is 20.6. The molecule has 0 spiro atoms. The molecule has 0 aliphatic carbocycles. The van der Waals surface area contributed by atoms with E-state index in [0.717, 1.165) is 15.8 Å². The van der Waals surface area contributed by atoms with E-state index in [1.807, 2.05) is 18.2 Å². The quantitative estimate of drug-likeness (QED) is 0.265. The Morgan fingerprint density at radius 1 is 1.23 bits per heavy atom. The number of rotatable bonds is 6. The number of hydrogen-bond donors (Lipinski definition) is 2. The Labute approximate surface area is 200 Å². The van der Waals surface area contributed by atoms with Crippen LogP contribution in [0.3, 0.4) is 0 Å². The molecule has 160 valence electrons. The number of aliphatic imine (C=N–C) groups is 1. The summed E-state index contributed by atoms with van der Waals surface area (Å²) in [6, 6.07) is 12.4. The van der Waals surface area contributed by atoms with E-state index >= 15 is 0 Å². The van der Waals surface area contributed by atoms with Gasteiger partial charge in [-0.05, 0) is 59.6 Å². The molecular formula is C22H18Br2N2O4S. The van der Waals surface area contributed by atoms with Gasteiger partial charge in [-0.3, -0.25) is 4.79 Å². The number of carbonyl (C=O) groups is 2. The van der Waals surface area contributed by atoms with E-state index < -0.39 is 5.97 Å². The van der Waals surface area contributed by atoms with Gasteiger partial charge in [0.25, 0.3) is 5.91 Å². The van der Waals surface area contributed by atoms with Crippen LogP contribution < -0.4 is 5.32 Å². The van der Waals surface area contributed by atoms with Gasteiger partial charge in [-0.15, -0.1) is 11.3 Å². The third-order valence-electron chi connectivity index (χ3n) is 4.22. The van der Waals surface area contributed by atoms with Crippen LogP contribution in [0.1, 0.15) is 38.1 Å². The normalized spacial score (nSPS) is 11.0. The van der Waals surface area contributed by atoms with E-state index in [1.165, 1.54) is 6.21 Å². The van der Waals surface area contributed by atoms with Gasteiger partial charge in [0, 0.05) is 21.9 Å². The van der Waals surface area contributed by atoms with Gasteiger partial charge in [0.2, 0.25) is 0 Å². The van der Waals surface area contributed by atoms with Crippen molar-refractivity contribution in [3.63, 3.8) is 0 Å². The summed E-state index contributed by atoms with van der Waals surface area (Å²) < 4.78 is 6.42. The standard InChI is InChI=1S/C22H18Br2N2O4S/c1-3-30-22(29)17-12(2)19(20(28)26-15-7-5-4-6-8-15)31-21(17)25-11-13-9-14(23)10-16(24)18(13)27/h4-11,27H,3H2,1-2H3,(H,26,28)/b25-11+. The van der Waals surface area contributed by atoms with E-state index in [1.54, 1.807) is 38.1 Å². The number of esters is 1. The van der Waals surface area contributed by atoms with Gasteiger partial charge in [0.1, 0.15) is 16.3 Å². The minimum Gasteiger partial charge on any atom is -0.506 e. The minimum atomic E-state index is -0.554. The molecular weight excluding hydrogens is 548 g/mol. The van der Waals surface area contributed by atoms with Gasteiger partial charge in [-0.2, -0.15) is 0 Å². The second-order valence-corrected chi connectivity index (χ2v) is 9.13. The van der Waals surface area contributed by atoms with E-state index in [-0.39, 0.29) is 23.8 Å². The number of anilines is 1. The van der Waals surface area contributed by atoms with Crippen molar-refractivity contribution < 1.29 is 19.4 Å². The third-order valence-corrected chi connectivity index (χ3v) is 6.49. The number of amides is 1. The van der Waals surface area contributed by atoms with Crippen molar-refractivity contribution in [2.45, 2.75) is 13.8 Å². The molecule has 3 rings (SSSR count). The second kappa shape index (κ2) is 10.2. The maximum atomic E-state index is 12.8. The van der Waals surface area contributed by atoms with Crippen LogP contribution in [0.25, 0.3) is 0 Å². The van der Waals surface area contributed by atoms with Crippen LogP contribution in [0.4, 0.5) is 10.7 Å². The first-order valence-corrected chi connectivity index (χ1v) is 11.6. The van der Waals surface area contributed by atoms with Crippen molar-refractivity contribution in [3.8, 4) is 5.75 Å². The number of carbonyl (C=O) groups excluding carboxylic acids is 2. The van der Waals surface area contributed by atoms with Crippen LogP contribution in [-0.4, -0.2) is 29.8 Å². The fraction of sp³-hybridized carbons (Fsp3) is 0.136. The summed E-state index contributed by atoms with van der Waals surface area (Å²) in [6.45, 7) is 3.60. The smallest absolute Gasteiger partial charge is 0.341 e. The molecule has 2 aromatic carbocycles. The maximum Gasteiger partial charge on any atom is 0.341 e. The van der Waals surface area contributed by atoms with Gasteiger partial charge < -0.3 is 15.2 Å². The molecule has 0 bridgehead atoms. The summed E-state index contributed by atoms with van der Waals surface area (Å²) in [7, 11) is 0. The van der Waals surface area contributed by atoms with Crippen LogP contribution >= 0.6 is 43.2 Å². The highest BCUT2D eigenvalue weighted by atomic mass is 79.9. The van der Waals surface area contributed by atoms with Gasteiger partial charge in [0.05, 0.1) is 16.0 Å². The first-order chi connectivity index (χ1) is 14.8. The van der Waals surface area contributed by atoms with Crippen molar-refractivity contribution in [3.05, 3.63) is 73.0 Å². The minimum absolute atomic E-state index is 0.0138. The number of ether oxygens (including phenoxy) is 1. The molecule has 0 saturated carbocycles. The largest absolute Gasteiger partial charge is 0.506 e. The van der Waals surface area contributed by atoms with Crippen molar-refractivity contribution in [2.75, 3.05) is 11.9 Å². The van der Waals surface area contributed by atoms with Gasteiger partial charge in [0.15, 0.2) is 0 Å². The van der Waals surface area contributed by atoms with Crippen LogP contribution in [0.15, 0.2) is 56.4 Å². The number of nitrogens with zero attached hydrogens (tertiary/aromatic N) is 1. The van der Waals surface area contributed by atoms with Crippen LogP contribution in [-0.2, 0) is 4.74 Å². The Bertz CT molecular complexity index is 1160. The molecule has 1 amide bonds. The SMILES string of the molecule is CCOC(=O)c1c(/N=C/c2cc(Br)cc(Br)c2O)sc(C(=O)Nc2ccccc2)c1C. The summed E-state index contributed by atoms with van der Waals surface area (Å²) in [5.41, 5.74) is 1.81. The summed E-state index contributed by atoms with van der Waals surface area (Å²) in [6.07, 6.45) is 1.44. The summed E-state index contributed by atoms with van der Waals surface area (Å²) in [4.78, 5) is 30.2. The van der Waals surface area contributed by atoms with E-state index in [0.29, 0.717) is 31.2 Å². The zero-order chi connectivity index (χ0) is 22.5. The van der Waals surface area contributed by atoms with Gasteiger partial charge >= 0.3 is 5.97 Å². The predicted molar refractivity (Wildman–Crippen MR) is 130 cm³/mol. The highest BCUT2D eigenvalue weighted by Crippen LogP contribution is 2.37. The van der Waals surface area contributed by atoms with Gasteiger partial charge in [-0.25, -0.2) is 9.79 Å². The Morgan fingerprint density at radius 2 is 1.94 bits per heavy atom. The molecule has 31 heavy (non-hydrogen) atoms. The third kappa shape index (κ3) is 5.41. The highest BCUT2D eigenvalue weighted by molar-refractivity contribution is 9.11. The molecule has 0 unspecified atom stereocenters. The molecule has 1 heterocycles. The first kappa shape index (κ1) is 23.2. The summed E-state index contributed by atoms with van der Waals surface area (Å²) >= 11 is 7.74. The lowest BCUT2D eigenvalue weighted by Gasteiger charge is -2.05. The Morgan fingerprint density at radius 3 is 2.61 bits per heavy atom. The molecule has 0 saturated heterocycles. The summed E-state index contributed by atoms with van der Waals surface area (Å²) in [5.74, 6) is -0.879. The van der Waals surface area contributed by atoms with Crippen molar-refractivity contribution in [1.29, 1.82) is 0 Å². The average Bonchev–Trinajstić information content (AvgIpc) is 3.07. The number of phenolic OH excluding ortho intramolecular Hbond substituents is 1. The highest BCUT2D eigenvalue weighted by Gasteiger charge is 2.25. The number of phenols is 1. The lowest BCUT2D eigenvalue weighted by atomic mass is 10.1. The monoisotopic (exact) mass is 564 g/mol. The molecule has 3 aromatic rings. The molecule has 9 heteroatoms. The molecule has 0 atom stereocenters. The molecule has 6 nitrogen and oxygen atoms in total. The number of halogens is 2. The number of hydrogen-bond acceptors (Lipinski definition) is 6. The first-order valence-electron chi connectivity index (χ1n) is 9.20.